The van der Waals surface area contributed by atoms with Gasteiger partial charge >= 0.3 is 0 Å². The number of rotatable bonds is 4. The molecule has 0 fully saturated rings. The number of hydrogen-bond acceptors (Lipinski definition) is 2. The molecule has 0 aliphatic heterocycles. The summed E-state index contributed by atoms with van der Waals surface area (Å²) in [5, 5.41) is 4.81. The molecule has 0 aromatic heterocycles. The Labute approximate surface area is 150 Å². The van der Waals surface area contributed by atoms with Gasteiger partial charge in [0.1, 0.15) is 5.75 Å². The zero-order valence-corrected chi connectivity index (χ0v) is 14.2. The van der Waals surface area contributed by atoms with Crippen molar-refractivity contribution in [3.05, 3.63) is 89.4 Å². The van der Waals surface area contributed by atoms with E-state index in [1.54, 1.807) is 12.1 Å². The molecular formula is C22H15ClO2. The van der Waals surface area contributed by atoms with Crippen molar-refractivity contribution in [3.8, 4) is 5.75 Å². The van der Waals surface area contributed by atoms with Crippen LogP contribution < -0.4 is 4.74 Å². The van der Waals surface area contributed by atoms with Gasteiger partial charge in [0.15, 0.2) is 12.4 Å². The molecule has 0 amide bonds. The minimum Gasteiger partial charge on any atom is -0.485 e. The molecule has 0 aliphatic carbocycles. The van der Waals surface area contributed by atoms with E-state index in [2.05, 4.69) is 6.07 Å². The minimum atomic E-state index is -0.0455. The molecule has 0 saturated heterocycles. The molecule has 0 saturated carbocycles. The Morgan fingerprint density at radius 2 is 1.56 bits per heavy atom. The van der Waals surface area contributed by atoms with Gasteiger partial charge < -0.3 is 4.74 Å². The molecule has 0 heterocycles. The van der Waals surface area contributed by atoms with E-state index >= 15 is 0 Å². The molecule has 0 radical (unpaired) electrons. The molecule has 0 atom stereocenters. The Morgan fingerprint density at radius 1 is 0.800 bits per heavy atom. The Kier molecular flexibility index (Phi) is 4.12. The van der Waals surface area contributed by atoms with Gasteiger partial charge in [-0.25, -0.2) is 0 Å². The second-order valence-corrected chi connectivity index (χ2v) is 6.30. The van der Waals surface area contributed by atoms with Gasteiger partial charge in [0.25, 0.3) is 0 Å². The number of carbonyl (C=O) groups is 1. The highest BCUT2D eigenvalue weighted by Gasteiger charge is 2.11. The summed E-state index contributed by atoms with van der Waals surface area (Å²) in [6.45, 7) is 0.0000794. The monoisotopic (exact) mass is 346 g/mol. The fourth-order valence-electron chi connectivity index (χ4n) is 3.01. The van der Waals surface area contributed by atoms with Gasteiger partial charge in [-0.3, -0.25) is 4.79 Å². The molecule has 25 heavy (non-hydrogen) atoms. The van der Waals surface area contributed by atoms with E-state index in [0.29, 0.717) is 16.3 Å². The van der Waals surface area contributed by atoms with Crippen LogP contribution in [0.15, 0.2) is 78.9 Å². The lowest BCUT2D eigenvalue weighted by Gasteiger charge is -2.12. The normalized spacial score (nSPS) is 10.9. The van der Waals surface area contributed by atoms with Crippen molar-refractivity contribution in [3.63, 3.8) is 0 Å². The first-order valence-corrected chi connectivity index (χ1v) is 8.42. The summed E-state index contributed by atoms with van der Waals surface area (Å²) in [7, 11) is 0. The smallest absolute Gasteiger partial charge is 0.200 e. The van der Waals surface area contributed by atoms with Crippen molar-refractivity contribution >= 4 is 38.9 Å². The SMILES string of the molecule is O=C(COc1cc2ccccc2c2cc(Cl)ccc12)c1ccccc1. The molecule has 0 unspecified atom stereocenters. The maximum atomic E-state index is 12.3. The Bertz CT molecular complexity index is 1070. The number of fused-ring (bicyclic) bond motifs is 3. The summed E-state index contributed by atoms with van der Waals surface area (Å²) >= 11 is 6.18. The largest absolute Gasteiger partial charge is 0.485 e. The molecule has 0 bridgehead atoms. The van der Waals surface area contributed by atoms with Crippen LogP contribution in [0.1, 0.15) is 10.4 Å². The summed E-state index contributed by atoms with van der Waals surface area (Å²) in [5.74, 6) is 0.644. The summed E-state index contributed by atoms with van der Waals surface area (Å²) in [6.07, 6.45) is 0. The average Bonchev–Trinajstić information content (AvgIpc) is 2.66. The van der Waals surface area contributed by atoms with Gasteiger partial charge in [-0.05, 0) is 40.4 Å². The van der Waals surface area contributed by atoms with Gasteiger partial charge in [0.05, 0.1) is 0 Å². The van der Waals surface area contributed by atoms with E-state index < -0.39 is 0 Å². The van der Waals surface area contributed by atoms with Crippen LogP contribution in [-0.4, -0.2) is 12.4 Å². The molecule has 0 N–H and O–H groups in total. The zero-order valence-electron chi connectivity index (χ0n) is 13.4. The quantitative estimate of drug-likeness (QED) is 0.339. The summed E-state index contributed by atoms with van der Waals surface area (Å²) < 4.78 is 5.89. The number of Topliss-reactive ketones (excluding diaryl/α,β-unsaturated/α-hetero) is 1. The van der Waals surface area contributed by atoms with Gasteiger partial charge in [0.2, 0.25) is 0 Å². The van der Waals surface area contributed by atoms with E-state index in [4.69, 9.17) is 16.3 Å². The molecule has 122 valence electrons. The minimum absolute atomic E-state index is 0.0000794. The van der Waals surface area contributed by atoms with E-state index in [1.165, 1.54) is 0 Å². The molecule has 2 nitrogen and oxygen atoms in total. The van der Waals surface area contributed by atoms with Crippen molar-refractivity contribution in [1.29, 1.82) is 0 Å². The van der Waals surface area contributed by atoms with Crippen molar-refractivity contribution in [2.45, 2.75) is 0 Å². The molecule has 4 rings (SSSR count). The topological polar surface area (TPSA) is 26.3 Å². The van der Waals surface area contributed by atoms with Crippen molar-refractivity contribution in [1.82, 2.24) is 0 Å². The molecule has 4 aromatic carbocycles. The lowest BCUT2D eigenvalue weighted by atomic mass is 10.0. The van der Waals surface area contributed by atoms with Crippen LogP contribution >= 0.6 is 11.6 Å². The lowest BCUT2D eigenvalue weighted by molar-refractivity contribution is 0.0922. The van der Waals surface area contributed by atoms with E-state index in [0.717, 1.165) is 21.5 Å². The maximum absolute atomic E-state index is 12.3. The summed E-state index contributed by atoms with van der Waals surface area (Å²) in [6, 6.07) is 24.9. The van der Waals surface area contributed by atoms with Crippen molar-refractivity contribution < 1.29 is 9.53 Å². The third kappa shape index (κ3) is 3.09. The van der Waals surface area contributed by atoms with Gasteiger partial charge in [-0.1, -0.05) is 66.2 Å². The molecule has 0 spiro atoms. The van der Waals surface area contributed by atoms with Crippen LogP contribution in [0.4, 0.5) is 0 Å². The number of benzene rings is 4. The first-order valence-electron chi connectivity index (χ1n) is 8.04. The number of hydrogen-bond donors (Lipinski definition) is 0. The third-order valence-corrected chi connectivity index (χ3v) is 4.47. The zero-order chi connectivity index (χ0) is 17.2. The molecular weight excluding hydrogens is 332 g/mol. The highest BCUT2D eigenvalue weighted by molar-refractivity contribution is 6.32. The maximum Gasteiger partial charge on any atom is 0.200 e. The highest BCUT2D eigenvalue weighted by atomic mass is 35.5. The van der Waals surface area contributed by atoms with E-state index in [9.17, 15) is 4.79 Å². The fourth-order valence-corrected chi connectivity index (χ4v) is 3.18. The van der Waals surface area contributed by atoms with E-state index in [-0.39, 0.29) is 12.4 Å². The van der Waals surface area contributed by atoms with Crippen molar-refractivity contribution in [2.24, 2.45) is 0 Å². The van der Waals surface area contributed by atoms with Crippen LogP contribution in [-0.2, 0) is 0 Å². The van der Waals surface area contributed by atoms with Crippen molar-refractivity contribution in [2.75, 3.05) is 6.61 Å². The second kappa shape index (κ2) is 6.58. The van der Waals surface area contributed by atoms with Crippen LogP contribution in [0.5, 0.6) is 5.75 Å². The number of ether oxygens (including phenoxy) is 1. The Morgan fingerprint density at radius 3 is 2.40 bits per heavy atom. The number of halogens is 1. The fraction of sp³-hybridized carbons (Fsp3) is 0.0455. The first-order chi connectivity index (χ1) is 12.2. The predicted octanol–water partition coefficient (Wildman–Crippen LogP) is 5.91. The van der Waals surface area contributed by atoms with Gasteiger partial charge in [0, 0.05) is 16.0 Å². The predicted molar refractivity (Wildman–Crippen MR) is 103 cm³/mol. The highest BCUT2D eigenvalue weighted by Crippen LogP contribution is 2.35. The third-order valence-electron chi connectivity index (χ3n) is 4.24. The number of carbonyl (C=O) groups excluding carboxylic acids is 1. The molecule has 0 aliphatic rings. The lowest BCUT2D eigenvalue weighted by Crippen LogP contribution is -2.11. The van der Waals surface area contributed by atoms with Crippen LogP contribution in [0.3, 0.4) is 0 Å². The van der Waals surface area contributed by atoms with Gasteiger partial charge in [-0.2, -0.15) is 0 Å². The average molecular weight is 347 g/mol. The van der Waals surface area contributed by atoms with E-state index in [1.807, 2.05) is 60.7 Å². The Balaban J connectivity index is 1.74. The second-order valence-electron chi connectivity index (χ2n) is 5.86. The summed E-state index contributed by atoms with van der Waals surface area (Å²) in [4.78, 5) is 12.3. The summed E-state index contributed by atoms with van der Waals surface area (Å²) in [5.41, 5.74) is 0.649. The number of ketones is 1. The molecule has 4 aromatic rings. The standard InChI is InChI=1S/C22H15ClO2/c23-17-10-11-19-20(13-17)18-9-5-4-8-16(18)12-22(19)25-14-21(24)15-6-2-1-3-7-15/h1-13H,14H2. The van der Waals surface area contributed by atoms with Gasteiger partial charge in [-0.15, -0.1) is 0 Å². The van der Waals surface area contributed by atoms with Crippen LogP contribution in [0.25, 0.3) is 21.5 Å². The first kappa shape index (κ1) is 15.7. The van der Waals surface area contributed by atoms with Crippen LogP contribution in [0.2, 0.25) is 5.02 Å². The Hall–Kier alpha value is -2.84. The molecule has 3 heteroatoms. The van der Waals surface area contributed by atoms with Crippen LogP contribution in [0, 0.1) is 0 Å².